The van der Waals surface area contributed by atoms with Crippen molar-refractivity contribution in [2.45, 2.75) is 25.5 Å². The van der Waals surface area contributed by atoms with Crippen LogP contribution >= 0.6 is 11.5 Å². The Balaban J connectivity index is 1.55. The van der Waals surface area contributed by atoms with Crippen molar-refractivity contribution in [1.82, 2.24) is 19.2 Å². The van der Waals surface area contributed by atoms with Gasteiger partial charge in [0, 0.05) is 19.6 Å². The van der Waals surface area contributed by atoms with Gasteiger partial charge in [0.05, 0.1) is 11.4 Å². The van der Waals surface area contributed by atoms with E-state index in [2.05, 4.69) is 14.3 Å². The second-order valence-corrected chi connectivity index (χ2v) is 9.10. The highest BCUT2D eigenvalue weighted by atomic mass is 32.2. The Labute approximate surface area is 157 Å². The van der Waals surface area contributed by atoms with Gasteiger partial charge in [0.15, 0.2) is 0 Å². The zero-order valence-corrected chi connectivity index (χ0v) is 16.2. The van der Waals surface area contributed by atoms with Crippen LogP contribution < -0.4 is 4.72 Å². The molecule has 0 saturated carbocycles. The van der Waals surface area contributed by atoms with Crippen LogP contribution in [0.4, 0.5) is 0 Å². The van der Waals surface area contributed by atoms with Crippen LogP contribution in [0.1, 0.15) is 33.8 Å². The topological polar surface area (TPSA) is 92.3 Å². The lowest BCUT2D eigenvalue weighted by molar-refractivity contribution is 0.0680. The fraction of sp³-hybridized carbons (Fsp3) is 0.471. The highest BCUT2D eigenvalue weighted by molar-refractivity contribution is 7.88. The summed E-state index contributed by atoms with van der Waals surface area (Å²) >= 11 is 1.11. The molecule has 1 N–H and O–H groups in total. The Hall–Kier alpha value is -1.84. The third kappa shape index (κ3) is 4.87. The molecule has 3 rings (SSSR count). The summed E-state index contributed by atoms with van der Waals surface area (Å²) in [5.74, 6) is 0.0170. The number of nitrogens with zero attached hydrogens (tertiary/aromatic N) is 3. The van der Waals surface area contributed by atoms with Gasteiger partial charge in [-0.3, -0.25) is 4.79 Å². The number of likely N-dealkylation sites (tertiary alicyclic amines) is 1. The molecule has 140 valence electrons. The molecule has 1 aliphatic heterocycles. The van der Waals surface area contributed by atoms with Crippen LogP contribution in [0.15, 0.2) is 30.3 Å². The molecule has 1 aromatic carbocycles. The van der Waals surface area contributed by atoms with Crippen LogP contribution in [0.2, 0.25) is 0 Å². The summed E-state index contributed by atoms with van der Waals surface area (Å²) in [6.45, 7) is 3.35. The van der Waals surface area contributed by atoms with E-state index in [9.17, 15) is 13.2 Å². The van der Waals surface area contributed by atoms with E-state index in [1.807, 2.05) is 18.2 Å². The number of hydrogen-bond acceptors (Lipinski definition) is 6. The molecule has 7 nitrogen and oxygen atoms in total. The Morgan fingerprint density at radius 2 is 2.12 bits per heavy atom. The minimum absolute atomic E-state index is 0.0328. The van der Waals surface area contributed by atoms with Crippen LogP contribution in [0.5, 0.6) is 0 Å². The number of aryl methyl sites for hydroxylation is 1. The monoisotopic (exact) mass is 394 g/mol. The third-order valence-corrected chi connectivity index (χ3v) is 6.58. The molecule has 1 amide bonds. The summed E-state index contributed by atoms with van der Waals surface area (Å²) in [6.07, 6.45) is 1.76. The summed E-state index contributed by atoms with van der Waals surface area (Å²) in [4.78, 5) is 14.9. The molecule has 26 heavy (non-hydrogen) atoms. The molecule has 9 heteroatoms. The first-order chi connectivity index (χ1) is 12.4. The van der Waals surface area contributed by atoms with E-state index in [0.29, 0.717) is 30.2 Å². The van der Waals surface area contributed by atoms with Crippen LogP contribution in [-0.2, 0) is 15.8 Å². The van der Waals surface area contributed by atoms with Crippen molar-refractivity contribution in [3.63, 3.8) is 0 Å². The molecule has 0 spiro atoms. The van der Waals surface area contributed by atoms with Crippen molar-refractivity contribution in [3.05, 3.63) is 46.5 Å². The zero-order chi connectivity index (χ0) is 18.6. The van der Waals surface area contributed by atoms with E-state index in [4.69, 9.17) is 0 Å². The lowest BCUT2D eigenvalue weighted by atomic mass is 9.98. The molecule has 0 bridgehead atoms. The molecule has 1 saturated heterocycles. The van der Waals surface area contributed by atoms with Crippen molar-refractivity contribution < 1.29 is 13.2 Å². The van der Waals surface area contributed by atoms with Crippen LogP contribution in [0.3, 0.4) is 0 Å². The van der Waals surface area contributed by atoms with Crippen molar-refractivity contribution in [1.29, 1.82) is 0 Å². The predicted octanol–water partition coefficient (Wildman–Crippen LogP) is 1.82. The van der Waals surface area contributed by atoms with E-state index < -0.39 is 10.0 Å². The van der Waals surface area contributed by atoms with Gasteiger partial charge in [-0.05, 0) is 42.8 Å². The highest BCUT2D eigenvalue weighted by Crippen LogP contribution is 2.20. The second kappa shape index (κ2) is 8.24. The van der Waals surface area contributed by atoms with Gasteiger partial charge in [0.2, 0.25) is 10.0 Å². The number of piperidine rings is 1. The Morgan fingerprint density at radius 3 is 2.81 bits per heavy atom. The first kappa shape index (κ1) is 18.9. The molecule has 1 aromatic heterocycles. The summed E-state index contributed by atoms with van der Waals surface area (Å²) in [6, 6.07) is 9.10. The normalized spacial score (nSPS) is 18.0. The minimum atomic E-state index is -3.39. The molecule has 0 radical (unpaired) electrons. The van der Waals surface area contributed by atoms with E-state index in [-0.39, 0.29) is 17.6 Å². The van der Waals surface area contributed by atoms with Crippen LogP contribution in [-0.4, -0.2) is 48.4 Å². The maximum absolute atomic E-state index is 12.6. The highest BCUT2D eigenvalue weighted by Gasteiger charge is 2.27. The predicted molar refractivity (Wildman–Crippen MR) is 100 cm³/mol. The molecule has 1 aliphatic rings. The molecular weight excluding hydrogens is 372 g/mol. The Bertz CT molecular complexity index is 852. The summed E-state index contributed by atoms with van der Waals surface area (Å²) in [7, 11) is -3.39. The fourth-order valence-electron chi connectivity index (χ4n) is 3.08. The quantitative estimate of drug-likeness (QED) is 0.807. The average molecular weight is 395 g/mol. The molecule has 1 fully saturated rings. The van der Waals surface area contributed by atoms with Crippen LogP contribution in [0, 0.1) is 12.8 Å². The van der Waals surface area contributed by atoms with Crippen molar-refractivity contribution in [2.24, 2.45) is 5.92 Å². The summed E-state index contributed by atoms with van der Waals surface area (Å²) in [5.41, 5.74) is 1.40. The average Bonchev–Trinajstić information content (AvgIpc) is 3.06. The van der Waals surface area contributed by atoms with Gasteiger partial charge in [-0.2, -0.15) is 0 Å². The lowest BCUT2D eigenvalue weighted by Crippen LogP contribution is -2.43. The second-order valence-electron chi connectivity index (χ2n) is 6.54. The van der Waals surface area contributed by atoms with Crippen LogP contribution in [0.25, 0.3) is 0 Å². The van der Waals surface area contributed by atoms with Gasteiger partial charge < -0.3 is 4.90 Å². The number of amides is 1. The first-order valence-corrected chi connectivity index (χ1v) is 11.0. The van der Waals surface area contributed by atoms with Gasteiger partial charge in [-0.1, -0.05) is 34.8 Å². The van der Waals surface area contributed by atoms with Gasteiger partial charge in [0.25, 0.3) is 5.91 Å². The lowest BCUT2D eigenvalue weighted by Gasteiger charge is -2.32. The first-order valence-electron chi connectivity index (χ1n) is 8.54. The van der Waals surface area contributed by atoms with E-state index in [1.165, 1.54) is 0 Å². The standard InChI is InChI=1S/C17H22N4O3S2/c1-13-16(25-20-19-13)17(22)21-9-5-8-15(11-21)10-18-26(23,24)12-14-6-3-2-4-7-14/h2-4,6-7,15,18H,5,8-12H2,1H3. The molecular formula is C17H22N4O3S2. The van der Waals surface area contributed by atoms with Gasteiger partial charge in [0.1, 0.15) is 4.88 Å². The fourth-order valence-corrected chi connectivity index (χ4v) is 4.93. The number of benzene rings is 1. The largest absolute Gasteiger partial charge is 0.338 e. The summed E-state index contributed by atoms with van der Waals surface area (Å²) < 4.78 is 31.1. The van der Waals surface area contributed by atoms with E-state index in [0.717, 1.165) is 29.9 Å². The number of hydrogen-bond donors (Lipinski definition) is 1. The Kier molecular flexibility index (Phi) is 6.00. The van der Waals surface area contributed by atoms with Crippen molar-refractivity contribution >= 4 is 27.5 Å². The third-order valence-electron chi connectivity index (χ3n) is 4.44. The van der Waals surface area contributed by atoms with Gasteiger partial charge in [-0.15, -0.1) is 5.10 Å². The maximum Gasteiger partial charge on any atom is 0.267 e. The summed E-state index contributed by atoms with van der Waals surface area (Å²) in [5, 5.41) is 3.89. The smallest absolute Gasteiger partial charge is 0.267 e. The minimum Gasteiger partial charge on any atom is -0.338 e. The number of sulfonamides is 1. The number of aromatic nitrogens is 2. The molecule has 2 heterocycles. The van der Waals surface area contributed by atoms with Gasteiger partial charge in [-0.25, -0.2) is 13.1 Å². The molecule has 1 unspecified atom stereocenters. The van der Waals surface area contributed by atoms with E-state index in [1.54, 1.807) is 24.0 Å². The van der Waals surface area contributed by atoms with E-state index >= 15 is 0 Å². The van der Waals surface area contributed by atoms with Gasteiger partial charge >= 0.3 is 0 Å². The van der Waals surface area contributed by atoms with Crippen molar-refractivity contribution in [3.8, 4) is 0 Å². The van der Waals surface area contributed by atoms with Crippen molar-refractivity contribution in [2.75, 3.05) is 19.6 Å². The molecule has 1 atom stereocenters. The Morgan fingerprint density at radius 1 is 1.35 bits per heavy atom. The number of rotatable bonds is 6. The maximum atomic E-state index is 12.6. The number of carbonyl (C=O) groups excluding carboxylic acids is 1. The molecule has 2 aromatic rings. The SMILES string of the molecule is Cc1nnsc1C(=O)N1CCCC(CNS(=O)(=O)Cc2ccccc2)C1. The zero-order valence-electron chi connectivity index (χ0n) is 14.6. The number of nitrogens with one attached hydrogen (secondary N) is 1. The number of carbonyl (C=O) groups is 1. The molecule has 0 aliphatic carbocycles.